The maximum absolute atomic E-state index is 12.1. The molecule has 2 aromatic carbocycles. The second-order valence-corrected chi connectivity index (χ2v) is 5.82. The highest BCUT2D eigenvalue weighted by atomic mass is 16.5. The van der Waals surface area contributed by atoms with E-state index < -0.39 is 0 Å². The van der Waals surface area contributed by atoms with Crippen molar-refractivity contribution in [2.24, 2.45) is 0 Å². The van der Waals surface area contributed by atoms with E-state index in [2.05, 4.69) is 22.8 Å². The largest absolute Gasteiger partial charge is 0.496 e. The minimum atomic E-state index is -0.328. The number of nitrogens with zero attached hydrogens (tertiary/aromatic N) is 1. The number of ether oxygens (including phenoxy) is 1. The van der Waals surface area contributed by atoms with Crippen LogP contribution in [-0.4, -0.2) is 43.6 Å². The molecule has 0 aromatic heterocycles. The molecule has 6 nitrogen and oxygen atoms in total. The zero-order valence-corrected chi connectivity index (χ0v) is 14.1. The summed E-state index contributed by atoms with van der Waals surface area (Å²) >= 11 is 0. The van der Waals surface area contributed by atoms with Crippen LogP contribution in [0.2, 0.25) is 0 Å². The topological polar surface area (TPSA) is 70.7 Å². The van der Waals surface area contributed by atoms with Crippen LogP contribution >= 0.6 is 0 Å². The van der Waals surface area contributed by atoms with Gasteiger partial charge in [0, 0.05) is 30.8 Å². The Bertz CT molecular complexity index is 762. The zero-order valence-electron chi connectivity index (χ0n) is 14.1. The van der Waals surface area contributed by atoms with Gasteiger partial charge in [-0.15, -0.1) is 0 Å². The van der Waals surface area contributed by atoms with Crippen molar-refractivity contribution in [3.63, 3.8) is 0 Å². The molecule has 1 heterocycles. The molecule has 0 unspecified atom stereocenters. The predicted octanol–water partition coefficient (Wildman–Crippen LogP) is 2.25. The van der Waals surface area contributed by atoms with Crippen LogP contribution in [0.25, 0.3) is 0 Å². The van der Waals surface area contributed by atoms with Gasteiger partial charge in [-0.25, -0.2) is 4.79 Å². The summed E-state index contributed by atoms with van der Waals surface area (Å²) in [7, 11) is 1.65. The van der Waals surface area contributed by atoms with E-state index in [-0.39, 0.29) is 18.5 Å². The molecule has 2 N–H and O–H groups in total. The molecule has 130 valence electrons. The molecule has 0 atom stereocenters. The summed E-state index contributed by atoms with van der Waals surface area (Å²) in [4.78, 5) is 24.8. The van der Waals surface area contributed by atoms with Crippen LogP contribution in [0.15, 0.2) is 48.5 Å². The van der Waals surface area contributed by atoms with Gasteiger partial charge in [-0.3, -0.25) is 9.69 Å². The van der Waals surface area contributed by atoms with Crippen molar-refractivity contribution < 1.29 is 14.3 Å². The van der Waals surface area contributed by atoms with E-state index in [1.807, 2.05) is 36.4 Å². The van der Waals surface area contributed by atoms with Gasteiger partial charge in [0.15, 0.2) is 0 Å². The second-order valence-electron chi connectivity index (χ2n) is 5.82. The van der Waals surface area contributed by atoms with E-state index in [0.717, 1.165) is 23.4 Å². The molecule has 2 aromatic rings. The van der Waals surface area contributed by atoms with Crippen LogP contribution in [0.1, 0.15) is 11.1 Å². The van der Waals surface area contributed by atoms with E-state index in [9.17, 15) is 9.59 Å². The Morgan fingerprint density at radius 1 is 1.24 bits per heavy atom. The lowest BCUT2D eigenvalue weighted by Crippen LogP contribution is -2.38. The Kier molecular flexibility index (Phi) is 5.18. The van der Waals surface area contributed by atoms with Crippen LogP contribution in [0.3, 0.4) is 0 Å². The van der Waals surface area contributed by atoms with Gasteiger partial charge in [-0.05, 0) is 23.8 Å². The molecule has 1 saturated heterocycles. The van der Waals surface area contributed by atoms with Crippen molar-refractivity contribution in [3.8, 4) is 5.75 Å². The summed E-state index contributed by atoms with van der Waals surface area (Å²) in [5.41, 5.74) is 3.03. The SMILES string of the molecule is COc1ccc(NCC(=O)N2CCNC2=O)cc1Cc1ccccc1. The first kappa shape index (κ1) is 16.8. The number of methoxy groups -OCH3 is 1. The van der Waals surface area contributed by atoms with Gasteiger partial charge in [0.05, 0.1) is 13.7 Å². The van der Waals surface area contributed by atoms with E-state index in [4.69, 9.17) is 4.74 Å². The molecule has 0 saturated carbocycles. The highest BCUT2D eigenvalue weighted by Gasteiger charge is 2.25. The molecular weight excluding hydrogens is 318 g/mol. The Hall–Kier alpha value is -3.02. The van der Waals surface area contributed by atoms with Crippen LogP contribution in [0.5, 0.6) is 5.75 Å². The minimum absolute atomic E-state index is 0.0739. The lowest BCUT2D eigenvalue weighted by molar-refractivity contribution is -0.125. The predicted molar refractivity (Wildman–Crippen MR) is 95.8 cm³/mol. The Labute approximate surface area is 146 Å². The summed E-state index contributed by atoms with van der Waals surface area (Å²) in [6.45, 7) is 1.00. The lowest BCUT2D eigenvalue weighted by Gasteiger charge is -2.15. The molecule has 3 rings (SSSR count). The third kappa shape index (κ3) is 4.09. The molecule has 0 spiro atoms. The number of amides is 3. The lowest BCUT2D eigenvalue weighted by atomic mass is 10.0. The van der Waals surface area contributed by atoms with Crippen LogP contribution in [0, 0.1) is 0 Å². The number of rotatable bonds is 6. The molecule has 1 fully saturated rings. The first-order valence-corrected chi connectivity index (χ1v) is 8.20. The highest BCUT2D eigenvalue weighted by molar-refractivity contribution is 5.97. The smallest absolute Gasteiger partial charge is 0.324 e. The molecule has 0 radical (unpaired) electrons. The third-order valence-corrected chi connectivity index (χ3v) is 4.12. The standard InChI is InChI=1S/C19H21N3O3/c1-25-17-8-7-16(12-15(17)11-14-5-3-2-4-6-14)21-13-18(23)22-10-9-20-19(22)24/h2-8,12,21H,9-11,13H2,1H3,(H,20,24). The molecule has 0 aliphatic carbocycles. The fourth-order valence-electron chi connectivity index (χ4n) is 2.83. The Morgan fingerprint density at radius 2 is 2.04 bits per heavy atom. The van der Waals surface area contributed by atoms with Crippen LogP contribution in [0.4, 0.5) is 10.5 Å². The maximum atomic E-state index is 12.1. The summed E-state index contributed by atoms with van der Waals surface area (Å²) in [5.74, 6) is 0.565. The number of urea groups is 1. The number of nitrogens with one attached hydrogen (secondary N) is 2. The minimum Gasteiger partial charge on any atom is -0.496 e. The molecule has 6 heteroatoms. The van der Waals surface area contributed by atoms with Gasteiger partial charge in [0.1, 0.15) is 5.75 Å². The van der Waals surface area contributed by atoms with Crippen molar-refractivity contribution >= 4 is 17.6 Å². The second kappa shape index (κ2) is 7.70. The number of benzene rings is 2. The average Bonchev–Trinajstić information content (AvgIpc) is 3.07. The molecule has 1 aliphatic rings. The van der Waals surface area contributed by atoms with E-state index in [1.165, 1.54) is 10.5 Å². The first-order chi connectivity index (χ1) is 12.2. The van der Waals surface area contributed by atoms with Gasteiger partial charge < -0.3 is 15.4 Å². The van der Waals surface area contributed by atoms with Gasteiger partial charge in [0.2, 0.25) is 5.91 Å². The van der Waals surface area contributed by atoms with Crippen molar-refractivity contribution in [2.45, 2.75) is 6.42 Å². The van der Waals surface area contributed by atoms with Crippen molar-refractivity contribution in [1.29, 1.82) is 0 Å². The van der Waals surface area contributed by atoms with Gasteiger partial charge >= 0.3 is 6.03 Å². The fraction of sp³-hybridized carbons (Fsp3) is 0.263. The molecule has 1 aliphatic heterocycles. The normalized spacial score (nSPS) is 13.5. The zero-order chi connectivity index (χ0) is 17.6. The van der Waals surface area contributed by atoms with Gasteiger partial charge in [0.25, 0.3) is 0 Å². The number of anilines is 1. The molecule has 25 heavy (non-hydrogen) atoms. The number of hydrogen-bond donors (Lipinski definition) is 2. The van der Waals surface area contributed by atoms with Gasteiger partial charge in [-0.2, -0.15) is 0 Å². The van der Waals surface area contributed by atoms with Gasteiger partial charge in [-0.1, -0.05) is 30.3 Å². The summed E-state index contributed by atoms with van der Waals surface area (Å²) in [6.07, 6.45) is 0.738. The number of hydrogen-bond acceptors (Lipinski definition) is 4. The molecule has 0 bridgehead atoms. The summed E-state index contributed by atoms with van der Waals surface area (Å²) < 4.78 is 5.44. The fourth-order valence-corrected chi connectivity index (χ4v) is 2.83. The third-order valence-electron chi connectivity index (χ3n) is 4.12. The highest BCUT2D eigenvalue weighted by Crippen LogP contribution is 2.25. The maximum Gasteiger partial charge on any atom is 0.324 e. The molecule has 3 amide bonds. The van der Waals surface area contributed by atoms with E-state index in [0.29, 0.717) is 13.1 Å². The first-order valence-electron chi connectivity index (χ1n) is 8.20. The number of carbonyl (C=O) groups is 2. The number of imide groups is 1. The van der Waals surface area contributed by atoms with Crippen molar-refractivity contribution in [3.05, 3.63) is 59.7 Å². The van der Waals surface area contributed by atoms with Crippen LogP contribution < -0.4 is 15.4 Å². The van der Waals surface area contributed by atoms with E-state index >= 15 is 0 Å². The molecular formula is C19H21N3O3. The average molecular weight is 339 g/mol. The number of carbonyl (C=O) groups excluding carboxylic acids is 2. The Morgan fingerprint density at radius 3 is 2.72 bits per heavy atom. The summed E-state index contributed by atoms with van der Waals surface area (Å²) in [6, 6.07) is 15.5. The summed E-state index contributed by atoms with van der Waals surface area (Å²) in [5, 5.41) is 5.71. The van der Waals surface area contributed by atoms with Crippen molar-refractivity contribution in [1.82, 2.24) is 10.2 Å². The van der Waals surface area contributed by atoms with E-state index in [1.54, 1.807) is 7.11 Å². The van der Waals surface area contributed by atoms with Crippen molar-refractivity contribution in [2.75, 3.05) is 32.1 Å². The monoisotopic (exact) mass is 339 g/mol. The van der Waals surface area contributed by atoms with Crippen LogP contribution in [-0.2, 0) is 11.2 Å². The Balaban J connectivity index is 1.68. The quantitative estimate of drug-likeness (QED) is 0.847.